The normalized spacial score (nSPS) is 27.1. The van der Waals surface area contributed by atoms with E-state index in [0.717, 1.165) is 19.3 Å². The van der Waals surface area contributed by atoms with Crippen LogP contribution in [0.15, 0.2) is 23.8 Å². The van der Waals surface area contributed by atoms with Crippen molar-refractivity contribution in [2.45, 2.75) is 53.4 Å². The van der Waals surface area contributed by atoms with Gasteiger partial charge in [0.2, 0.25) is 0 Å². The van der Waals surface area contributed by atoms with Crippen LogP contribution in [0.4, 0.5) is 0 Å². The maximum absolute atomic E-state index is 11.8. The van der Waals surface area contributed by atoms with E-state index in [2.05, 4.69) is 39.0 Å². The second kappa shape index (κ2) is 5.47. The van der Waals surface area contributed by atoms with E-state index in [1.807, 2.05) is 6.92 Å². The van der Waals surface area contributed by atoms with Crippen LogP contribution in [0.25, 0.3) is 0 Å². The first-order valence-electron chi connectivity index (χ1n) is 6.27. The number of ketones is 1. The van der Waals surface area contributed by atoms with Crippen LogP contribution < -0.4 is 0 Å². The first-order valence-corrected chi connectivity index (χ1v) is 6.27. The highest BCUT2D eigenvalue weighted by Gasteiger charge is 2.16. The van der Waals surface area contributed by atoms with Crippen LogP contribution in [0.3, 0.4) is 0 Å². The zero-order chi connectivity index (χ0) is 12.2. The van der Waals surface area contributed by atoms with Gasteiger partial charge in [-0.1, -0.05) is 44.6 Å². The van der Waals surface area contributed by atoms with Crippen molar-refractivity contribution in [3.63, 3.8) is 0 Å². The van der Waals surface area contributed by atoms with Crippen molar-refractivity contribution >= 4 is 5.78 Å². The molecule has 1 nitrogen and oxygen atoms in total. The van der Waals surface area contributed by atoms with Crippen molar-refractivity contribution in [2.75, 3.05) is 0 Å². The lowest BCUT2D eigenvalue weighted by molar-refractivity contribution is -0.122. The minimum absolute atomic E-state index is 0.179. The molecule has 1 rings (SSSR count). The number of Topliss-reactive ketones (excluding diaryl/α,β-unsaturated/α-hetero) is 1. The number of carbonyl (C=O) groups is 1. The third kappa shape index (κ3) is 4.34. The highest BCUT2D eigenvalue weighted by molar-refractivity contribution is 5.81. The Morgan fingerprint density at radius 2 is 2.00 bits per heavy atom. The van der Waals surface area contributed by atoms with Crippen molar-refractivity contribution < 1.29 is 4.79 Å². The van der Waals surface area contributed by atoms with Crippen LogP contribution >= 0.6 is 0 Å². The second-order valence-electron chi connectivity index (χ2n) is 5.75. The molecular weight excluding hydrogens is 196 g/mol. The van der Waals surface area contributed by atoms with Gasteiger partial charge in [0.1, 0.15) is 5.78 Å². The zero-order valence-electron chi connectivity index (χ0n) is 11.0. The number of allylic oxidation sites excluding steroid dienone is 4. The highest BCUT2D eigenvalue weighted by atomic mass is 16.1. The van der Waals surface area contributed by atoms with Gasteiger partial charge in [0.05, 0.1) is 0 Å². The third-order valence-electron chi connectivity index (χ3n) is 3.35. The Balaban J connectivity index is 2.81. The maximum Gasteiger partial charge on any atom is 0.136 e. The van der Waals surface area contributed by atoms with Gasteiger partial charge in [-0.2, -0.15) is 0 Å². The molecule has 0 heterocycles. The largest absolute Gasteiger partial charge is 0.299 e. The van der Waals surface area contributed by atoms with Crippen LogP contribution in [0.2, 0.25) is 0 Å². The molecule has 0 radical (unpaired) electrons. The van der Waals surface area contributed by atoms with E-state index in [9.17, 15) is 4.79 Å². The summed E-state index contributed by atoms with van der Waals surface area (Å²) in [5.41, 5.74) is 1.57. The Bertz CT molecular complexity index is 307. The molecule has 1 heteroatoms. The van der Waals surface area contributed by atoms with Crippen LogP contribution in [0.5, 0.6) is 0 Å². The fourth-order valence-corrected chi connectivity index (χ4v) is 1.90. The van der Waals surface area contributed by atoms with Gasteiger partial charge in [-0.3, -0.25) is 4.79 Å². The molecule has 0 aromatic carbocycles. The van der Waals surface area contributed by atoms with E-state index in [1.165, 1.54) is 5.57 Å². The van der Waals surface area contributed by atoms with E-state index in [4.69, 9.17) is 0 Å². The summed E-state index contributed by atoms with van der Waals surface area (Å²) >= 11 is 0. The molecule has 0 saturated carbocycles. The van der Waals surface area contributed by atoms with Crippen LogP contribution in [-0.2, 0) is 4.79 Å². The van der Waals surface area contributed by atoms with E-state index in [1.54, 1.807) is 0 Å². The van der Waals surface area contributed by atoms with Crippen molar-refractivity contribution in [1.82, 2.24) is 0 Å². The molecule has 0 saturated heterocycles. The minimum Gasteiger partial charge on any atom is -0.299 e. The van der Waals surface area contributed by atoms with Crippen LogP contribution in [0.1, 0.15) is 53.4 Å². The molecule has 0 spiro atoms. The Labute approximate surface area is 99.6 Å². The summed E-state index contributed by atoms with van der Waals surface area (Å²) in [5, 5.41) is 0. The molecule has 1 aliphatic rings. The summed E-state index contributed by atoms with van der Waals surface area (Å²) in [6.07, 6.45) is 10.3. The first kappa shape index (κ1) is 13.2. The van der Waals surface area contributed by atoms with Gasteiger partial charge in [-0.15, -0.1) is 0 Å². The Morgan fingerprint density at radius 1 is 1.31 bits per heavy atom. The molecular formula is C15H24O. The Morgan fingerprint density at radius 3 is 2.69 bits per heavy atom. The van der Waals surface area contributed by atoms with E-state index in [-0.39, 0.29) is 11.3 Å². The lowest BCUT2D eigenvalue weighted by Crippen LogP contribution is -2.10. The monoisotopic (exact) mass is 220 g/mol. The minimum atomic E-state index is 0.179. The summed E-state index contributed by atoms with van der Waals surface area (Å²) in [4.78, 5) is 11.8. The van der Waals surface area contributed by atoms with Gasteiger partial charge in [0.15, 0.2) is 0 Å². The summed E-state index contributed by atoms with van der Waals surface area (Å²) < 4.78 is 0. The standard InChI is InChI=1S/C15H24O/c1-12-7-8-14(16)13(2)6-5-10-15(3,4)11-9-12/h5,9-10,13H,6-8,11H2,1-4H3. The number of carbonyl (C=O) groups excluding carboxylic acids is 1. The van der Waals surface area contributed by atoms with Gasteiger partial charge in [0.25, 0.3) is 0 Å². The average molecular weight is 220 g/mol. The quantitative estimate of drug-likeness (QED) is 0.556. The van der Waals surface area contributed by atoms with Gasteiger partial charge in [-0.25, -0.2) is 0 Å². The molecule has 1 atom stereocenters. The van der Waals surface area contributed by atoms with Crippen molar-refractivity contribution in [3.8, 4) is 0 Å². The molecule has 1 aliphatic carbocycles. The fraction of sp³-hybridized carbons (Fsp3) is 0.667. The summed E-state index contributed by atoms with van der Waals surface area (Å²) in [6.45, 7) is 8.67. The molecule has 0 amide bonds. The molecule has 16 heavy (non-hydrogen) atoms. The third-order valence-corrected chi connectivity index (χ3v) is 3.35. The molecule has 0 bridgehead atoms. The molecule has 90 valence electrons. The smallest absolute Gasteiger partial charge is 0.136 e. The second-order valence-corrected chi connectivity index (χ2v) is 5.75. The van der Waals surface area contributed by atoms with Crippen LogP contribution in [0, 0.1) is 11.3 Å². The Kier molecular flexibility index (Phi) is 4.52. The topological polar surface area (TPSA) is 17.1 Å². The number of hydrogen-bond donors (Lipinski definition) is 0. The van der Waals surface area contributed by atoms with Gasteiger partial charge in [-0.05, 0) is 31.6 Å². The van der Waals surface area contributed by atoms with Crippen molar-refractivity contribution in [3.05, 3.63) is 23.8 Å². The van der Waals surface area contributed by atoms with Gasteiger partial charge in [0, 0.05) is 12.3 Å². The maximum atomic E-state index is 11.8. The molecule has 0 aromatic rings. The van der Waals surface area contributed by atoms with Crippen molar-refractivity contribution in [1.29, 1.82) is 0 Å². The summed E-state index contributed by atoms with van der Waals surface area (Å²) in [6, 6.07) is 0. The molecule has 0 fully saturated rings. The summed E-state index contributed by atoms with van der Waals surface area (Å²) in [7, 11) is 0. The van der Waals surface area contributed by atoms with E-state index >= 15 is 0 Å². The Hall–Kier alpha value is -0.850. The van der Waals surface area contributed by atoms with E-state index < -0.39 is 0 Å². The number of hydrogen-bond acceptors (Lipinski definition) is 1. The summed E-state index contributed by atoms with van der Waals surface area (Å²) in [5.74, 6) is 0.579. The highest BCUT2D eigenvalue weighted by Crippen LogP contribution is 2.26. The molecule has 0 aliphatic heterocycles. The molecule has 1 unspecified atom stereocenters. The van der Waals surface area contributed by atoms with E-state index in [0.29, 0.717) is 12.2 Å². The number of rotatable bonds is 0. The van der Waals surface area contributed by atoms with Crippen molar-refractivity contribution in [2.24, 2.45) is 11.3 Å². The lowest BCUT2D eigenvalue weighted by Gasteiger charge is -2.18. The predicted octanol–water partition coefficient (Wildman–Crippen LogP) is 4.29. The lowest BCUT2D eigenvalue weighted by atomic mass is 9.87. The van der Waals surface area contributed by atoms with Gasteiger partial charge < -0.3 is 0 Å². The first-order chi connectivity index (χ1) is 7.41. The zero-order valence-corrected chi connectivity index (χ0v) is 11.0. The SMILES string of the molecule is CC1=CCC(C)(C)C=CCC(C)C(=O)CC1. The molecule has 0 N–H and O–H groups in total. The molecule has 0 aromatic heterocycles. The average Bonchev–Trinajstić information content (AvgIpc) is 2.23. The predicted molar refractivity (Wildman–Crippen MR) is 69.3 cm³/mol. The fourth-order valence-electron chi connectivity index (χ4n) is 1.90. The van der Waals surface area contributed by atoms with Gasteiger partial charge >= 0.3 is 0 Å². The van der Waals surface area contributed by atoms with Crippen LogP contribution in [-0.4, -0.2) is 5.78 Å².